The number of nitrogens with one attached hydrogen (secondary N) is 2. The molecule has 198 valence electrons. The van der Waals surface area contributed by atoms with Crippen LogP contribution in [-0.2, 0) is 16.8 Å². The molecule has 0 radical (unpaired) electrons. The SMILES string of the molecule is CC(=O)N1CC[C@H](Oc2n[nH]c3nccc(-c4ccc(CNC(=O)c5nc(C(C)(C)C)no5)c(F)c4)c23)C1. The molecule has 1 fully saturated rings. The van der Waals surface area contributed by atoms with Crippen LogP contribution in [0.15, 0.2) is 35.0 Å². The average molecular weight is 522 g/mol. The molecule has 0 bridgehead atoms. The average Bonchev–Trinajstić information content (AvgIpc) is 3.63. The summed E-state index contributed by atoms with van der Waals surface area (Å²) in [6, 6.07) is 6.52. The Labute approximate surface area is 217 Å². The summed E-state index contributed by atoms with van der Waals surface area (Å²) in [7, 11) is 0. The molecule has 0 aliphatic carbocycles. The Bertz CT molecular complexity index is 1510. The molecule has 4 aromatic rings. The topological polar surface area (TPSA) is 139 Å². The van der Waals surface area contributed by atoms with Crippen LogP contribution in [0.3, 0.4) is 0 Å². The maximum atomic E-state index is 15.1. The molecule has 2 amide bonds. The van der Waals surface area contributed by atoms with Crippen molar-refractivity contribution >= 4 is 22.8 Å². The fraction of sp³-hybridized carbons (Fsp3) is 0.385. The minimum atomic E-state index is -0.581. The van der Waals surface area contributed by atoms with Gasteiger partial charge in [-0.3, -0.25) is 14.7 Å². The zero-order chi connectivity index (χ0) is 27.0. The number of pyridine rings is 1. The van der Waals surface area contributed by atoms with Crippen LogP contribution in [0, 0.1) is 5.82 Å². The van der Waals surface area contributed by atoms with Crippen molar-refractivity contribution in [1.82, 2.24) is 35.5 Å². The molecule has 4 heterocycles. The first-order chi connectivity index (χ1) is 18.1. The summed E-state index contributed by atoms with van der Waals surface area (Å²) in [4.78, 5) is 34.3. The number of hydrogen-bond donors (Lipinski definition) is 2. The highest BCUT2D eigenvalue weighted by Crippen LogP contribution is 2.34. The summed E-state index contributed by atoms with van der Waals surface area (Å²) in [5.74, 6) is -0.482. The lowest BCUT2D eigenvalue weighted by Crippen LogP contribution is -2.28. The van der Waals surface area contributed by atoms with Gasteiger partial charge in [-0.05, 0) is 23.3 Å². The van der Waals surface area contributed by atoms with Crippen molar-refractivity contribution in [2.45, 2.75) is 52.2 Å². The summed E-state index contributed by atoms with van der Waals surface area (Å²) >= 11 is 0. The number of aromatic nitrogens is 5. The van der Waals surface area contributed by atoms with Crippen molar-refractivity contribution in [3.63, 3.8) is 0 Å². The van der Waals surface area contributed by atoms with Crippen LogP contribution in [0.1, 0.15) is 56.2 Å². The molecular weight excluding hydrogens is 493 g/mol. The van der Waals surface area contributed by atoms with E-state index in [1.165, 1.54) is 13.0 Å². The van der Waals surface area contributed by atoms with Gasteiger partial charge in [-0.2, -0.15) is 4.98 Å². The second-order valence-electron chi connectivity index (χ2n) is 10.3. The number of carbonyl (C=O) groups is 2. The predicted molar refractivity (Wildman–Crippen MR) is 135 cm³/mol. The van der Waals surface area contributed by atoms with E-state index in [0.717, 1.165) is 0 Å². The van der Waals surface area contributed by atoms with E-state index in [9.17, 15) is 9.59 Å². The largest absolute Gasteiger partial charge is 0.471 e. The van der Waals surface area contributed by atoms with E-state index in [1.54, 1.807) is 29.3 Å². The molecule has 0 saturated carbocycles. The minimum absolute atomic E-state index is 0.00356. The number of ether oxygens (including phenoxy) is 1. The maximum Gasteiger partial charge on any atom is 0.315 e. The van der Waals surface area contributed by atoms with Crippen LogP contribution in [-0.4, -0.2) is 61.2 Å². The number of benzene rings is 1. The van der Waals surface area contributed by atoms with Gasteiger partial charge in [0.1, 0.15) is 11.9 Å². The molecule has 1 aliphatic heterocycles. The van der Waals surface area contributed by atoms with Gasteiger partial charge in [0.05, 0.1) is 11.9 Å². The third-order valence-corrected chi connectivity index (χ3v) is 6.39. The van der Waals surface area contributed by atoms with Gasteiger partial charge in [0.15, 0.2) is 11.5 Å². The lowest BCUT2D eigenvalue weighted by atomic mass is 9.96. The molecule has 1 saturated heterocycles. The standard InChI is InChI=1S/C26H28FN7O4/c1-14(35)34-10-8-17(13-34)37-23-20-18(7-9-28-21(20)31-32-23)15-5-6-16(19(27)11-15)12-29-22(36)24-30-25(33-38-24)26(2,3)4/h5-7,9,11,17H,8,10,12-13H2,1-4H3,(H,29,36)(H,28,31,32)/t17-/m0/s1. The van der Waals surface area contributed by atoms with E-state index in [1.807, 2.05) is 20.8 Å². The van der Waals surface area contributed by atoms with Crippen LogP contribution in [0.4, 0.5) is 4.39 Å². The molecule has 38 heavy (non-hydrogen) atoms. The second kappa shape index (κ2) is 9.84. The molecule has 0 unspecified atom stereocenters. The lowest BCUT2D eigenvalue weighted by Gasteiger charge is -2.15. The van der Waals surface area contributed by atoms with E-state index in [2.05, 4.69) is 30.6 Å². The van der Waals surface area contributed by atoms with Gasteiger partial charge >= 0.3 is 11.8 Å². The van der Waals surface area contributed by atoms with Crippen LogP contribution < -0.4 is 10.1 Å². The number of H-pyrrole nitrogens is 1. The number of nitrogens with zero attached hydrogens (tertiary/aromatic N) is 5. The monoisotopic (exact) mass is 521 g/mol. The Kier molecular flexibility index (Phi) is 6.55. The summed E-state index contributed by atoms with van der Waals surface area (Å²) in [6.07, 6.45) is 2.11. The smallest absolute Gasteiger partial charge is 0.315 e. The summed E-state index contributed by atoms with van der Waals surface area (Å²) < 4.78 is 26.3. The molecule has 1 atom stereocenters. The van der Waals surface area contributed by atoms with Gasteiger partial charge in [0.2, 0.25) is 11.8 Å². The van der Waals surface area contributed by atoms with Gasteiger partial charge in [-0.15, -0.1) is 5.10 Å². The Morgan fingerprint density at radius 3 is 2.79 bits per heavy atom. The number of halogens is 1. The fourth-order valence-electron chi connectivity index (χ4n) is 4.25. The van der Waals surface area contributed by atoms with Crippen molar-refractivity contribution < 1.29 is 23.2 Å². The van der Waals surface area contributed by atoms with E-state index in [0.29, 0.717) is 58.9 Å². The molecular formula is C26H28FN7O4. The Morgan fingerprint density at radius 2 is 2.11 bits per heavy atom. The predicted octanol–water partition coefficient (Wildman–Crippen LogP) is 3.37. The summed E-state index contributed by atoms with van der Waals surface area (Å²) in [5, 5.41) is 14.2. The number of carbonyl (C=O) groups excluding carboxylic acids is 2. The molecule has 5 rings (SSSR count). The minimum Gasteiger partial charge on any atom is -0.471 e. The van der Waals surface area contributed by atoms with Crippen LogP contribution in [0.2, 0.25) is 0 Å². The Morgan fingerprint density at radius 1 is 1.29 bits per heavy atom. The zero-order valence-corrected chi connectivity index (χ0v) is 21.5. The third-order valence-electron chi connectivity index (χ3n) is 6.39. The van der Waals surface area contributed by atoms with Crippen molar-refractivity contribution in [3.8, 4) is 17.0 Å². The van der Waals surface area contributed by atoms with Gasteiger partial charge in [0.25, 0.3) is 0 Å². The fourth-order valence-corrected chi connectivity index (χ4v) is 4.25. The van der Waals surface area contributed by atoms with E-state index < -0.39 is 11.7 Å². The van der Waals surface area contributed by atoms with Gasteiger partial charge < -0.3 is 19.5 Å². The normalized spacial score (nSPS) is 15.7. The molecule has 12 heteroatoms. The van der Waals surface area contributed by atoms with Crippen LogP contribution >= 0.6 is 0 Å². The van der Waals surface area contributed by atoms with E-state index >= 15 is 4.39 Å². The molecule has 1 aromatic carbocycles. The quantitative estimate of drug-likeness (QED) is 0.394. The number of aromatic amines is 1. The number of amides is 2. The first-order valence-electron chi connectivity index (χ1n) is 12.3. The molecule has 11 nitrogen and oxygen atoms in total. The van der Waals surface area contributed by atoms with Gasteiger partial charge in [0, 0.05) is 43.6 Å². The summed E-state index contributed by atoms with van der Waals surface area (Å²) in [5.41, 5.74) is 1.72. The van der Waals surface area contributed by atoms with Crippen molar-refractivity contribution in [2.75, 3.05) is 13.1 Å². The van der Waals surface area contributed by atoms with Crippen molar-refractivity contribution in [2.24, 2.45) is 0 Å². The molecule has 2 N–H and O–H groups in total. The molecule has 3 aromatic heterocycles. The van der Waals surface area contributed by atoms with Crippen LogP contribution in [0.5, 0.6) is 5.88 Å². The van der Waals surface area contributed by atoms with Crippen LogP contribution in [0.25, 0.3) is 22.2 Å². The highest BCUT2D eigenvalue weighted by Gasteiger charge is 2.28. The van der Waals surface area contributed by atoms with E-state index in [4.69, 9.17) is 9.26 Å². The molecule has 1 aliphatic rings. The van der Waals surface area contributed by atoms with Crippen molar-refractivity contribution in [3.05, 3.63) is 53.6 Å². The van der Waals surface area contributed by atoms with Crippen molar-refractivity contribution in [1.29, 1.82) is 0 Å². The first kappa shape index (κ1) is 25.3. The number of rotatable bonds is 6. The molecule has 0 spiro atoms. The van der Waals surface area contributed by atoms with E-state index in [-0.39, 0.29) is 29.9 Å². The highest BCUT2D eigenvalue weighted by atomic mass is 19.1. The highest BCUT2D eigenvalue weighted by molar-refractivity contribution is 5.96. The maximum absolute atomic E-state index is 15.1. The van der Waals surface area contributed by atoms with Gasteiger partial charge in [-0.25, -0.2) is 9.37 Å². The van der Waals surface area contributed by atoms with Gasteiger partial charge in [-0.1, -0.05) is 38.1 Å². The zero-order valence-electron chi connectivity index (χ0n) is 21.5. The first-order valence-corrected chi connectivity index (χ1v) is 12.3. The lowest BCUT2D eigenvalue weighted by molar-refractivity contribution is -0.128. The Balaban J connectivity index is 1.33. The number of hydrogen-bond acceptors (Lipinski definition) is 8. The third kappa shape index (κ3) is 5.06. The summed E-state index contributed by atoms with van der Waals surface area (Å²) in [6.45, 7) is 8.30. The Hall–Kier alpha value is -4.35. The number of likely N-dealkylation sites (tertiary alicyclic amines) is 1. The second-order valence-corrected chi connectivity index (χ2v) is 10.3. The number of fused-ring (bicyclic) bond motifs is 1.